The minimum atomic E-state index is 0.660. The average molecular weight is 235 g/mol. The molecule has 84 valence electrons. The highest BCUT2D eigenvalue weighted by atomic mass is 35.5. The van der Waals surface area contributed by atoms with Gasteiger partial charge in [0.05, 0.1) is 0 Å². The highest BCUT2D eigenvalue weighted by molar-refractivity contribution is 6.29. The lowest BCUT2D eigenvalue weighted by atomic mass is 10.1. The molecule has 0 saturated heterocycles. The third-order valence-electron chi connectivity index (χ3n) is 2.64. The van der Waals surface area contributed by atoms with Crippen LogP contribution < -0.4 is 5.43 Å². The van der Waals surface area contributed by atoms with Crippen LogP contribution in [0.25, 0.3) is 0 Å². The molecule has 0 fully saturated rings. The third kappa shape index (κ3) is 2.80. The molecule has 2 nitrogen and oxygen atoms in total. The number of nitrogens with zero attached hydrogens (tertiary/aromatic N) is 1. The molecule has 0 radical (unpaired) electrons. The van der Waals surface area contributed by atoms with E-state index in [2.05, 4.69) is 36.6 Å². The van der Waals surface area contributed by atoms with Crippen molar-refractivity contribution in [2.24, 2.45) is 0 Å². The van der Waals surface area contributed by atoms with Crippen molar-refractivity contribution in [2.45, 2.75) is 13.3 Å². The van der Waals surface area contributed by atoms with Crippen LogP contribution in [0.4, 0.5) is 0 Å². The summed E-state index contributed by atoms with van der Waals surface area (Å²) in [6.07, 6.45) is 6.78. The number of rotatable bonds is 3. The summed E-state index contributed by atoms with van der Waals surface area (Å²) in [6, 6.07) is 8.45. The first kappa shape index (κ1) is 11.1. The molecule has 2 rings (SSSR count). The van der Waals surface area contributed by atoms with Gasteiger partial charge in [-0.2, -0.15) is 0 Å². The zero-order chi connectivity index (χ0) is 11.4. The predicted octanol–water partition coefficient (Wildman–Crippen LogP) is 2.95. The molecule has 0 unspecified atom stereocenters. The standard InChI is InChI=1S/C13H15ClN2/c1-11-5-2-3-6-12(11)8-10-16-9-4-7-13(14)15-16/h2-7,9,15H,8,10H2,1H3. The maximum atomic E-state index is 5.88. The van der Waals surface area contributed by atoms with E-state index >= 15 is 0 Å². The van der Waals surface area contributed by atoms with Gasteiger partial charge >= 0.3 is 0 Å². The Kier molecular flexibility index (Phi) is 3.52. The summed E-state index contributed by atoms with van der Waals surface area (Å²) in [6.45, 7) is 3.05. The molecule has 3 heteroatoms. The van der Waals surface area contributed by atoms with Crippen molar-refractivity contribution >= 4 is 11.6 Å². The smallest absolute Gasteiger partial charge is 0.120 e. The number of benzene rings is 1. The van der Waals surface area contributed by atoms with E-state index < -0.39 is 0 Å². The highest BCUT2D eigenvalue weighted by Gasteiger charge is 2.04. The number of aryl methyl sites for hydroxylation is 1. The van der Waals surface area contributed by atoms with E-state index in [0.29, 0.717) is 5.16 Å². The first-order valence-electron chi connectivity index (χ1n) is 5.37. The molecule has 16 heavy (non-hydrogen) atoms. The number of hydrazine groups is 1. The molecule has 0 atom stereocenters. The van der Waals surface area contributed by atoms with E-state index in [1.54, 1.807) is 0 Å². The normalized spacial score (nSPS) is 14.6. The quantitative estimate of drug-likeness (QED) is 0.809. The van der Waals surface area contributed by atoms with E-state index in [4.69, 9.17) is 11.6 Å². The minimum absolute atomic E-state index is 0.660. The third-order valence-corrected chi connectivity index (χ3v) is 2.85. The zero-order valence-corrected chi connectivity index (χ0v) is 10.0. The van der Waals surface area contributed by atoms with Crippen LogP contribution in [0.15, 0.2) is 47.8 Å². The van der Waals surface area contributed by atoms with Crippen LogP contribution in [-0.4, -0.2) is 11.6 Å². The van der Waals surface area contributed by atoms with E-state index in [0.717, 1.165) is 13.0 Å². The lowest BCUT2D eigenvalue weighted by Crippen LogP contribution is -2.34. The lowest BCUT2D eigenvalue weighted by Gasteiger charge is -2.24. The lowest BCUT2D eigenvalue weighted by molar-refractivity contribution is 0.311. The molecule has 1 aliphatic rings. The van der Waals surface area contributed by atoms with Gasteiger partial charge in [-0.05, 0) is 36.6 Å². The summed E-state index contributed by atoms with van der Waals surface area (Å²) in [4.78, 5) is 0. The summed E-state index contributed by atoms with van der Waals surface area (Å²) in [5.41, 5.74) is 5.80. The van der Waals surface area contributed by atoms with Gasteiger partial charge in [-0.15, -0.1) is 0 Å². The fourth-order valence-corrected chi connectivity index (χ4v) is 1.89. The van der Waals surface area contributed by atoms with Gasteiger partial charge in [-0.3, -0.25) is 10.4 Å². The van der Waals surface area contributed by atoms with Gasteiger partial charge in [0, 0.05) is 12.7 Å². The Hall–Kier alpha value is -1.41. The van der Waals surface area contributed by atoms with Gasteiger partial charge in [-0.1, -0.05) is 35.9 Å². The zero-order valence-electron chi connectivity index (χ0n) is 9.28. The Labute approximate surface area is 101 Å². The number of nitrogens with one attached hydrogen (secondary N) is 1. The van der Waals surface area contributed by atoms with E-state index in [1.807, 2.05) is 23.4 Å². The Morgan fingerprint density at radius 3 is 2.88 bits per heavy atom. The molecule has 0 saturated carbocycles. The highest BCUT2D eigenvalue weighted by Crippen LogP contribution is 2.10. The summed E-state index contributed by atoms with van der Waals surface area (Å²) < 4.78 is 0. The topological polar surface area (TPSA) is 15.3 Å². The molecule has 0 aromatic heterocycles. The Balaban J connectivity index is 1.91. The molecule has 1 aromatic rings. The maximum Gasteiger partial charge on any atom is 0.120 e. The van der Waals surface area contributed by atoms with Gasteiger partial charge < -0.3 is 0 Å². The monoisotopic (exact) mass is 234 g/mol. The molecule has 1 N–H and O–H groups in total. The number of halogens is 1. The molecule has 0 bridgehead atoms. The van der Waals surface area contributed by atoms with Crippen molar-refractivity contribution in [3.8, 4) is 0 Å². The van der Waals surface area contributed by atoms with E-state index in [1.165, 1.54) is 11.1 Å². The van der Waals surface area contributed by atoms with Crippen molar-refractivity contribution < 1.29 is 0 Å². The van der Waals surface area contributed by atoms with Crippen molar-refractivity contribution in [3.63, 3.8) is 0 Å². The van der Waals surface area contributed by atoms with E-state index in [9.17, 15) is 0 Å². The van der Waals surface area contributed by atoms with E-state index in [-0.39, 0.29) is 0 Å². The number of allylic oxidation sites excluding steroid dienone is 2. The summed E-state index contributed by atoms with van der Waals surface area (Å²) >= 11 is 5.88. The molecular formula is C13H15ClN2. The van der Waals surface area contributed by atoms with Crippen molar-refractivity contribution in [2.75, 3.05) is 6.54 Å². The first-order chi connectivity index (χ1) is 7.75. The second-order valence-electron chi connectivity index (χ2n) is 3.84. The average Bonchev–Trinajstić information content (AvgIpc) is 2.28. The molecule has 0 spiro atoms. The van der Waals surface area contributed by atoms with Crippen LogP contribution in [0.5, 0.6) is 0 Å². The SMILES string of the molecule is Cc1ccccc1CCN1C=CC=C(Cl)N1. The Morgan fingerprint density at radius 1 is 1.31 bits per heavy atom. The fraction of sp³-hybridized carbons (Fsp3) is 0.231. The van der Waals surface area contributed by atoms with Gasteiger partial charge in [0.1, 0.15) is 5.16 Å². The van der Waals surface area contributed by atoms with Crippen LogP contribution in [0.2, 0.25) is 0 Å². The number of hydrogen-bond acceptors (Lipinski definition) is 2. The number of hydrogen-bond donors (Lipinski definition) is 1. The molecule has 1 heterocycles. The maximum absolute atomic E-state index is 5.88. The molecular weight excluding hydrogens is 220 g/mol. The summed E-state index contributed by atoms with van der Waals surface area (Å²) in [5.74, 6) is 0. The van der Waals surface area contributed by atoms with Crippen LogP contribution in [0.1, 0.15) is 11.1 Å². The van der Waals surface area contributed by atoms with Gasteiger partial charge in [-0.25, -0.2) is 0 Å². The summed E-state index contributed by atoms with van der Waals surface area (Å²) in [5, 5.41) is 2.65. The second-order valence-corrected chi connectivity index (χ2v) is 4.25. The Bertz CT molecular complexity index is 424. The largest absolute Gasteiger partial charge is 0.294 e. The van der Waals surface area contributed by atoms with Crippen LogP contribution in [0, 0.1) is 6.92 Å². The van der Waals surface area contributed by atoms with Gasteiger partial charge in [0.2, 0.25) is 0 Å². The van der Waals surface area contributed by atoms with Crippen molar-refractivity contribution in [1.29, 1.82) is 0 Å². The fourth-order valence-electron chi connectivity index (χ4n) is 1.71. The molecule has 0 aliphatic carbocycles. The van der Waals surface area contributed by atoms with Crippen molar-refractivity contribution in [1.82, 2.24) is 10.4 Å². The van der Waals surface area contributed by atoms with Crippen LogP contribution in [-0.2, 0) is 6.42 Å². The molecule has 0 amide bonds. The predicted molar refractivity (Wildman–Crippen MR) is 67.8 cm³/mol. The second kappa shape index (κ2) is 5.08. The Morgan fingerprint density at radius 2 is 2.12 bits per heavy atom. The first-order valence-corrected chi connectivity index (χ1v) is 5.75. The van der Waals surface area contributed by atoms with Crippen LogP contribution >= 0.6 is 11.6 Å². The van der Waals surface area contributed by atoms with Gasteiger partial charge in [0.15, 0.2) is 0 Å². The molecule has 1 aromatic carbocycles. The van der Waals surface area contributed by atoms with Crippen molar-refractivity contribution in [3.05, 3.63) is 58.9 Å². The van der Waals surface area contributed by atoms with Gasteiger partial charge in [0.25, 0.3) is 0 Å². The van der Waals surface area contributed by atoms with Crippen LogP contribution in [0.3, 0.4) is 0 Å². The molecule has 1 aliphatic heterocycles. The summed E-state index contributed by atoms with van der Waals surface area (Å²) in [7, 11) is 0. The minimum Gasteiger partial charge on any atom is -0.294 e.